The molecule has 8 nitrogen and oxygen atoms in total. The molecule has 1 amide bonds. The Hall–Kier alpha value is -3.81. The van der Waals surface area contributed by atoms with Crippen molar-refractivity contribution < 1.29 is 4.79 Å². The van der Waals surface area contributed by atoms with E-state index in [0.717, 1.165) is 16.6 Å². The van der Waals surface area contributed by atoms with Crippen molar-refractivity contribution >= 4 is 16.8 Å². The molecular formula is C25H28N6O2. The van der Waals surface area contributed by atoms with Crippen LogP contribution in [0, 0.1) is 6.92 Å². The fourth-order valence-electron chi connectivity index (χ4n) is 4.05. The average molecular weight is 445 g/mol. The molecule has 8 heteroatoms. The second-order valence-electron chi connectivity index (χ2n) is 8.88. The van der Waals surface area contributed by atoms with Gasteiger partial charge in [-0.05, 0) is 70.0 Å². The van der Waals surface area contributed by atoms with Crippen molar-refractivity contribution in [1.29, 1.82) is 0 Å². The number of primary amides is 1. The smallest absolute Gasteiger partial charge is 0.221 e. The fraction of sp³-hybridized carbons (Fsp3) is 0.320. The van der Waals surface area contributed by atoms with E-state index in [1.807, 2.05) is 55.8 Å². The number of rotatable bonds is 6. The van der Waals surface area contributed by atoms with E-state index in [1.165, 1.54) is 0 Å². The molecule has 2 N–H and O–H groups in total. The van der Waals surface area contributed by atoms with Gasteiger partial charge in [0.25, 0.3) is 0 Å². The minimum Gasteiger partial charge on any atom is -0.369 e. The number of hydrogen-bond donors (Lipinski definition) is 1. The van der Waals surface area contributed by atoms with Gasteiger partial charge in [0.1, 0.15) is 12.0 Å². The Bertz CT molecular complexity index is 1410. The molecule has 0 radical (unpaired) electrons. The van der Waals surface area contributed by atoms with Crippen LogP contribution in [0.25, 0.3) is 33.7 Å². The number of carbonyl (C=O) groups is 1. The molecule has 33 heavy (non-hydrogen) atoms. The predicted molar refractivity (Wildman–Crippen MR) is 129 cm³/mol. The van der Waals surface area contributed by atoms with E-state index >= 15 is 0 Å². The van der Waals surface area contributed by atoms with Gasteiger partial charge < -0.3 is 14.9 Å². The molecule has 0 saturated heterocycles. The zero-order valence-corrected chi connectivity index (χ0v) is 19.5. The second-order valence-corrected chi connectivity index (χ2v) is 8.88. The third-order valence-electron chi connectivity index (χ3n) is 5.79. The van der Waals surface area contributed by atoms with Crippen LogP contribution >= 0.6 is 0 Å². The van der Waals surface area contributed by atoms with Gasteiger partial charge in [-0.15, -0.1) is 10.2 Å². The van der Waals surface area contributed by atoms with Crippen LogP contribution in [-0.2, 0) is 11.2 Å². The van der Waals surface area contributed by atoms with Gasteiger partial charge in [-0.2, -0.15) is 0 Å². The van der Waals surface area contributed by atoms with Crippen molar-refractivity contribution in [2.75, 3.05) is 0 Å². The highest BCUT2D eigenvalue weighted by molar-refractivity contribution is 5.87. The summed E-state index contributed by atoms with van der Waals surface area (Å²) < 4.78 is 4.01. The van der Waals surface area contributed by atoms with E-state index in [9.17, 15) is 9.59 Å². The number of carbonyl (C=O) groups excluding carboxylic acids is 1. The molecule has 0 bridgehead atoms. The fourth-order valence-corrected chi connectivity index (χ4v) is 4.05. The normalized spacial score (nSPS) is 11.6. The maximum atomic E-state index is 13.6. The second kappa shape index (κ2) is 8.61. The molecule has 0 aliphatic heterocycles. The Labute approximate surface area is 192 Å². The molecule has 170 valence electrons. The van der Waals surface area contributed by atoms with Gasteiger partial charge in [0, 0.05) is 23.7 Å². The molecule has 4 rings (SSSR count). The molecule has 0 fully saturated rings. The zero-order chi connectivity index (χ0) is 23.9. The van der Waals surface area contributed by atoms with Crippen LogP contribution in [0.4, 0.5) is 0 Å². The minimum absolute atomic E-state index is 0.0890. The van der Waals surface area contributed by atoms with Crippen LogP contribution in [0.15, 0.2) is 47.7 Å². The topological polar surface area (TPSA) is 109 Å². The quantitative estimate of drug-likeness (QED) is 0.486. The van der Waals surface area contributed by atoms with Crippen molar-refractivity contribution in [3.8, 4) is 22.8 Å². The summed E-state index contributed by atoms with van der Waals surface area (Å²) in [5.74, 6) is 0.220. The molecule has 0 unspecified atom stereocenters. The van der Waals surface area contributed by atoms with Crippen molar-refractivity contribution in [1.82, 2.24) is 24.3 Å². The van der Waals surface area contributed by atoms with Gasteiger partial charge >= 0.3 is 0 Å². The standard InChI is InChI=1S/C25H28N6O2/c1-14(2)30-12-19(24(33)18-10-17(11-23(26)32)16(5)9-22(18)30)20-7-6-8-21(28-20)25-29-27-13-31(25)15(3)4/h6-10,12-15H,11H2,1-5H3,(H2,26,32). The number of benzene rings is 1. The third-order valence-corrected chi connectivity index (χ3v) is 5.79. The number of aryl methyl sites for hydroxylation is 1. The molecule has 0 aliphatic rings. The van der Waals surface area contributed by atoms with E-state index < -0.39 is 5.91 Å². The summed E-state index contributed by atoms with van der Waals surface area (Å²) in [6.45, 7) is 10.2. The maximum absolute atomic E-state index is 13.6. The van der Waals surface area contributed by atoms with E-state index in [2.05, 4.69) is 28.6 Å². The highest BCUT2D eigenvalue weighted by Crippen LogP contribution is 2.26. The number of amides is 1. The van der Waals surface area contributed by atoms with Crippen LogP contribution in [0.1, 0.15) is 50.9 Å². The zero-order valence-electron chi connectivity index (χ0n) is 19.5. The minimum atomic E-state index is -0.429. The van der Waals surface area contributed by atoms with E-state index in [-0.39, 0.29) is 23.9 Å². The summed E-state index contributed by atoms with van der Waals surface area (Å²) in [6.07, 6.45) is 3.63. The SMILES string of the molecule is Cc1cc2c(cc1CC(N)=O)c(=O)c(-c1cccc(-c3nncn3C(C)C)n1)cn2C(C)C. The molecule has 0 spiro atoms. The Balaban J connectivity index is 1.95. The largest absolute Gasteiger partial charge is 0.369 e. The maximum Gasteiger partial charge on any atom is 0.221 e. The number of pyridine rings is 2. The summed E-state index contributed by atoms with van der Waals surface area (Å²) >= 11 is 0. The van der Waals surface area contributed by atoms with Crippen molar-refractivity contribution in [2.24, 2.45) is 5.73 Å². The van der Waals surface area contributed by atoms with Gasteiger partial charge in [-0.3, -0.25) is 9.59 Å². The first-order valence-electron chi connectivity index (χ1n) is 11.0. The highest BCUT2D eigenvalue weighted by atomic mass is 16.1. The summed E-state index contributed by atoms with van der Waals surface area (Å²) in [6, 6.07) is 9.58. The van der Waals surface area contributed by atoms with E-state index in [0.29, 0.717) is 28.2 Å². The lowest BCUT2D eigenvalue weighted by Crippen LogP contribution is -2.17. The summed E-state index contributed by atoms with van der Waals surface area (Å²) in [5, 5.41) is 8.80. The lowest BCUT2D eigenvalue weighted by atomic mass is 9.99. The van der Waals surface area contributed by atoms with Gasteiger partial charge in [-0.1, -0.05) is 6.07 Å². The van der Waals surface area contributed by atoms with Crippen LogP contribution in [-0.4, -0.2) is 30.2 Å². The molecule has 4 aromatic rings. The van der Waals surface area contributed by atoms with Crippen molar-refractivity contribution in [2.45, 2.75) is 53.1 Å². The van der Waals surface area contributed by atoms with Crippen molar-refractivity contribution in [3.05, 3.63) is 64.2 Å². The molecule has 1 aromatic carbocycles. The molecule has 3 heterocycles. The molecular weight excluding hydrogens is 416 g/mol. The van der Waals surface area contributed by atoms with Crippen LogP contribution in [0.5, 0.6) is 0 Å². The Morgan fingerprint density at radius 1 is 1.06 bits per heavy atom. The molecule has 0 aliphatic carbocycles. The summed E-state index contributed by atoms with van der Waals surface area (Å²) in [5.41, 5.74) is 9.49. The lowest BCUT2D eigenvalue weighted by Gasteiger charge is -2.18. The van der Waals surface area contributed by atoms with Gasteiger partial charge in [0.2, 0.25) is 5.91 Å². The number of nitrogens with two attached hydrogens (primary N) is 1. The first-order chi connectivity index (χ1) is 15.7. The number of fused-ring (bicyclic) bond motifs is 1. The van der Waals surface area contributed by atoms with Gasteiger partial charge in [0.15, 0.2) is 11.3 Å². The third kappa shape index (κ3) is 4.16. The van der Waals surface area contributed by atoms with Gasteiger partial charge in [-0.25, -0.2) is 4.98 Å². The average Bonchev–Trinajstić information content (AvgIpc) is 3.25. The van der Waals surface area contributed by atoms with E-state index in [1.54, 1.807) is 12.4 Å². The predicted octanol–water partition coefficient (Wildman–Crippen LogP) is 3.82. The van der Waals surface area contributed by atoms with Crippen LogP contribution in [0.3, 0.4) is 0 Å². The number of hydrogen-bond acceptors (Lipinski definition) is 5. The Kier molecular flexibility index (Phi) is 5.84. The number of aromatic nitrogens is 5. The Morgan fingerprint density at radius 2 is 1.76 bits per heavy atom. The summed E-state index contributed by atoms with van der Waals surface area (Å²) in [7, 11) is 0. The van der Waals surface area contributed by atoms with Crippen LogP contribution < -0.4 is 11.2 Å². The first kappa shape index (κ1) is 22.4. The van der Waals surface area contributed by atoms with Gasteiger partial charge in [0.05, 0.1) is 23.2 Å². The Morgan fingerprint density at radius 3 is 2.42 bits per heavy atom. The van der Waals surface area contributed by atoms with Crippen LogP contribution in [0.2, 0.25) is 0 Å². The molecule has 0 atom stereocenters. The first-order valence-corrected chi connectivity index (χ1v) is 11.0. The van der Waals surface area contributed by atoms with E-state index in [4.69, 9.17) is 10.7 Å². The monoisotopic (exact) mass is 444 g/mol. The molecule has 0 saturated carbocycles. The lowest BCUT2D eigenvalue weighted by molar-refractivity contribution is -0.117. The molecule has 3 aromatic heterocycles. The summed E-state index contributed by atoms with van der Waals surface area (Å²) in [4.78, 5) is 29.9. The highest BCUT2D eigenvalue weighted by Gasteiger charge is 2.18. The number of nitrogens with zero attached hydrogens (tertiary/aromatic N) is 5. The van der Waals surface area contributed by atoms with Crippen molar-refractivity contribution in [3.63, 3.8) is 0 Å².